The second-order valence-corrected chi connectivity index (χ2v) is 11.8. The molecule has 1 N–H and O–H groups in total. The summed E-state index contributed by atoms with van der Waals surface area (Å²) in [6.45, 7) is 0. The van der Waals surface area contributed by atoms with Crippen LogP contribution in [0.3, 0.4) is 0 Å². The second-order valence-electron chi connectivity index (χ2n) is 11.8. The van der Waals surface area contributed by atoms with E-state index < -0.39 is 0 Å². The van der Waals surface area contributed by atoms with Gasteiger partial charge in [0.15, 0.2) is 0 Å². The van der Waals surface area contributed by atoms with Crippen LogP contribution in [0.5, 0.6) is 5.75 Å². The molecule has 1 aliphatic carbocycles. The molecule has 44 heavy (non-hydrogen) atoms. The lowest BCUT2D eigenvalue weighted by atomic mass is 9.84. The van der Waals surface area contributed by atoms with Crippen molar-refractivity contribution < 1.29 is 5.11 Å². The lowest BCUT2D eigenvalue weighted by Crippen LogP contribution is -1.93. The highest BCUT2D eigenvalue weighted by Gasteiger charge is 2.29. The lowest BCUT2D eigenvalue weighted by molar-refractivity contribution is 0.476. The Bertz CT molecular complexity index is 2420. The number of hydrogen-bond acceptors (Lipinski definition) is 1. The van der Waals surface area contributed by atoms with E-state index >= 15 is 0 Å². The zero-order valence-corrected chi connectivity index (χ0v) is 24.1. The maximum absolute atomic E-state index is 10.0. The van der Waals surface area contributed by atoms with E-state index in [2.05, 4.69) is 133 Å². The van der Waals surface area contributed by atoms with Gasteiger partial charge in [-0.1, -0.05) is 133 Å². The first kappa shape index (κ1) is 24.9. The van der Waals surface area contributed by atoms with E-state index in [4.69, 9.17) is 0 Å². The first-order valence-corrected chi connectivity index (χ1v) is 15.2. The van der Waals surface area contributed by atoms with Crippen LogP contribution < -0.4 is 0 Å². The number of hydrogen-bond donors (Lipinski definition) is 1. The third-order valence-corrected chi connectivity index (χ3v) is 9.38. The normalized spacial score (nSPS) is 12.1. The summed E-state index contributed by atoms with van der Waals surface area (Å²) < 4.78 is 0. The molecule has 0 unspecified atom stereocenters. The van der Waals surface area contributed by atoms with Gasteiger partial charge in [-0.25, -0.2) is 0 Å². The van der Waals surface area contributed by atoms with Gasteiger partial charge in [0.25, 0.3) is 0 Å². The number of rotatable bonds is 3. The maximum atomic E-state index is 10.0. The van der Waals surface area contributed by atoms with Crippen LogP contribution in [0.15, 0.2) is 152 Å². The van der Waals surface area contributed by atoms with Gasteiger partial charge in [0, 0.05) is 0 Å². The molecule has 0 amide bonds. The average molecular weight is 561 g/mol. The van der Waals surface area contributed by atoms with Crippen molar-refractivity contribution in [3.05, 3.63) is 163 Å². The molecule has 0 bridgehead atoms. The Balaban J connectivity index is 1.36. The average Bonchev–Trinajstić information content (AvgIpc) is 3.47. The number of benzene rings is 8. The topological polar surface area (TPSA) is 20.2 Å². The fourth-order valence-corrected chi connectivity index (χ4v) is 7.39. The van der Waals surface area contributed by atoms with E-state index in [-0.39, 0.29) is 0 Å². The van der Waals surface area contributed by atoms with Crippen molar-refractivity contribution in [2.24, 2.45) is 0 Å². The van der Waals surface area contributed by atoms with Gasteiger partial charge in [-0.05, 0) is 113 Å². The van der Waals surface area contributed by atoms with Crippen LogP contribution in [0.4, 0.5) is 0 Å². The van der Waals surface area contributed by atoms with Crippen molar-refractivity contribution >= 4 is 32.3 Å². The van der Waals surface area contributed by atoms with Crippen LogP contribution in [-0.4, -0.2) is 5.11 Å². The molecule has 1 nitrogen and oxygen atoms in total. The van der Waals surface area contributed by atoms with Crippen molar-refractivity contribution in [3.63, 3.8) is 0 Å². The van der Waals surface area contributed by atoms with Gasteiger partial charge in [0.05, 0.1) is 0 Å². The highest BCUT2D eigenvalue weighted by Crippen LogP contribution is 2.52. The molecule has 0 spiro atoms. The molecule has 8 aromatic rings. The predicted molar refractivity (Wildman–Crippen MR) is 185 cm³/mol. The van der Waals surface area contributed by atoms with Gasteiger partial charge in [0.2, 0.25) is 0 Å². The highest BCUT2D eigenvalue weighted by atomic mass is 16.3. The molecule has 1 aliphatic rings. The quantitative estimate of drug-likeness (QED) is 0.228. The molecule has 0 aromatic heterocycles. The lowest BCUT2D eigenvalue weighted by Gasteiger charge is -2.19. The van der Waals surface area contributed by atoms with Crippen molar-refractivity contribution in [2.75, 3.05) is 0 Å². The number of aromatic hydroxyl groups is 1. The summed E-state index contributed by atoms with van der Waals surface area (Å²) in [5.41, 5.74) is 13.0. The Morgan fingerprint density at radius 1 is 0.386 bits per heavy atom. The summed E-state index contributed by atoms with van der Waals surface area (Å²) in [5, 5.41) is 17.3. The van der Waals surface area contributed by atoms with Gasteiger partial charge in [-0.15, -0.1) is 0 Å². The molecule has 206 valence electrons. The van der Waals surface area contributed by atoms with Gasteiger partial charge >= 0.3 is 0 Å². The minimum absolute atomic E-state index is 0.294. The summed E-state index contributed by atoms with van der Waals surface area (Å²) >= 11 is 0. The largest absolute Gasteiger partial charge is 0.508 e. The summed E-state index contributed by atoms with van der Waals surface area (Å²) in [7, 11) is 0. The van der Waals surface area contributed by atoms with Gasteiger partial charge in [-0.3, -0.25) is 0 Å². The van der Waals surface area contributed by atoms with E-state index in [1.165, 1.54) is 77.2 Å². The fraction of sp³-hybridized carbons (Fsp3) is 0.0233. The van der Waals surface area contributed by atoms with Crippen molar-refractivity contribution in [2.45, 2.75) is 6.42 Å². The third-order valence-electron chi connectivity index (χ3n) is 9.38. The molecule has 0 radical (unpaired) electrons. The zero-order chi connectivity index (χ0) is 29.2. The van der Waals surface area contributed by atoms with Gasteiger partial charge in [0.1, 0.15) is 5.75 Å². The Morgan fingerprint density at radius 3 is 1.70 bits per heavy atom. The number of fused-ring (bicyclic) bond motifs is 6. The molecule has 0 fully saturated rings. The Labute approximate surface area is 256 Å². The van der Waals surface area contributed by atoms with Crippen LogP contribution in [0.1, 0.15) is 11.1 Å². The first-order valence-electron chi connectivity index (χ1n) is 15.2. The first-order chi connectivity index (χ1) is 21.7. The molecule has 8 aromatic carbocycles. The maximum Gasteiger partial charge on any atom is 0.116 e. The van der Waals surface area contributed by atoms with Gasteiger partial charge in [-0.2, -0.15) is 0 Å². The molecule has 0 heterocycles. The minimum Gasteiger partial charge on any atom is -0.508 e. The Morgan fingerprint density at radius 2 is 0.955 bits per heavy atom. The summed E-state index contributed by atoms with van der Waals surface area (Å²) in [6, 6.07) is 54.4. The number of phenols is 1. The van der Waals surface area contributed by atoms with E-state index in [1.807, 2.05) is 12.1 Å². The van der Waals surface area contributed by atoms with Crippen LogP contribution >= 0.6 is 0 Å². The fourth-order valence-electron chi connectivity index (χ4n) is 7.39. The smallest absolute Gasteiger partial charge is 0.116 e. The van der Waals surface area contributed by atoms with Crippen molar-refractivity contribution in [3.8, 4) is 50.3 Å². The van der Waals surface area contributed by atoms with Gasteiger partial charge < -0.3 is 5.11 Å². The Hall–Kier alpha value is -5.66. The van der Waals surface area contributed by atoms with Crippen LogP contribution in [-0.2, 0) is 6.42 Å². The van der Waals surface area contributed by atoms with E-state index in [0.29, 0.717) is 5.75 Å². The molecule has 1 heteroatoms. The van der Waals surface area contributed by atoms with Crippen molar-refractivity contribution in [1.29, 1.82) is 0 Å². The third kappa shape index (κ3) is 3.80. The summed E-state index contributed by atoms with van der Waals surface area (Å²) in [6.07, 6.45) is 0.880. The molecule has 0 saturated carbocycles. The second kappa shape index (κ2) is 9.69. The van der Waals surface area contributed by atoms with E-state index in [9.17, 15) is 5.11 Å². The molecule has 0 aliphatic heterocycles. The van der Waals surface area contributed by atoms with Crippen LogP contribution in [0.25, 0.3) is 76.8 Å². The zero-order valence-electron chi connectivity index (χ0n) is 24.1. The molecule has 0 atom stereocenters. The minimum atomic E-state index is 0.294. The Kier molecular flexibility index (Phi) is 5.48. The summed E-state index contributed by atoms with van der Waals surface area (Å²) in [5.74, 6) is 0.294. The molecular weight excluding hydrogens is 532 g/mol. The van der Waals surface area contributed by atoms with Crippen LogP contribution in [0, 0.1) is 0 Å². The molecule has 9 rings (SSSR count). The molecular formula is C43H28O. The standard InChI is InChI=1S/C43H28O/c44-33-21-20-29-24-31(19-18-30(29)25-33)36-22-23-40(38-16-6-11-28-9-2-4-14-35(28)38)43-41(36)26-32-12-7-17-39(42(32)43)37-15-5-10-27-8-1-3-13-34(27)37/h1-25,44H,26H2. The highest BCUT2D eigenvalue weighted by molar-refractivity contribution is 6.09. The molecule has 0 saturated heterocycles. The predicted octanol–water partition coefficient (Wildman–Crippen LogP) is 11.4. The van der Waals surface area contributed by atoms with E-state index in [0.717, 1.165) is 17.2 Å². The monoisotopic (exact) mass is 560 g/mol. The SMILES string of the molecule is Oc1ccc2cc(-c3ccc(-c4cccc5ccccc45)c4c3Cc3cccc(-c5cccc6ccccc56)c3-4)ccc2c1. The number of phenolic OH excluding ortho intramolecular Hbond substituents is 1. The van der Waals surface area contributed by atoms with Crippen molar-refractivity contribution in [1.82, 2.24) is 0 Å². The van der Waals surface area contributed by atoms with E-state index in [1.54, 1.807) is 6.07 Å². The summed E-state index contributed by atoms with van der Waals surface area (Å²) in [4.78, 5) is 0. The van der Waals surface area contributed by atoms with Crippen LogP contribution in [0.2, 0.25) is 0 Å².